The zero-order valence-corrected chi connectivity index (χ0v) is 16.2. The van der Waals surface area contributed by atoms with E-state index >= 15 is 0 Å². The molecule has 0 spiro atoms. The summed E-state index contributed by atoms with van der Waals surface area (Å²) in [5.74, 6) is 0.0278. The first-order valence-corrected chi connectivity index (χ1v) is 9.92. The smallest absolute Gasteiger partial charge is 0.165 e. The monoisotopic (exact) mass is 390 g/mol. The molecule has 28 heavy (non-hydrogen) atoms. The zero-order chi connectivity index (χ0) is 19.6. The maximum absolute atomic E-state index is 13.5. The van der Waals surface area contributed by atoms with Crippen LogP contribution in [0.15, 0.2) is 48.5 Å². The molecule has 0 radical (unpaired) electrons. The maximum atomic E-state index is 13.5. The van der Waals surface area contributed by atoms with Gasteiger partial charge in [0.25, 0.3) is 0 Å². The number of halogens is 2. The van der Waals surface area contributed by atoms with Crippen molar-refractivity contribution in [2.24, 2.45) is 0 Å². The summed E-state index contributed by atoms with van der Waals surface area (Å²) in [7, 11) is 0. The van der Waals surface area contributed by atoms with Crippen molar-refractivity contribution in [1.82, 2.24) is 9.80 Å². The van der Waals surface area contributed by atoms with Gasteiger partial charge < -0.3 is 19.3 Å². The summed E-state index contributed by atoms with van der Waals surface area (Å²) in [6, 6.07) is 13.0. The lowest BCUT2D eigenvalue weighted by molar-refractivity contribution is 0.120. The highest BCUT2D eigenvalue weighted by Gasteiger charge is 2.16. The van der Waals surface area contributed by atoms with Crippen LogP contribution in [0, 0.1) is 11.6 Å². The highest BCUT2D eigenvalue weighted by atomic mass is 19.1. The Morgan fingerprint density at radius 3 is 1.43 bits per heavy atom. The molecule has 6 heteroatoms. The van der Waals surface area contributed by atoms with Crippen LogP contribution < -0.4 is 9.47 Å². The standard InChI is InChI=1S/C22H28F2N2O2/c23-19-7-1-3-9-21(19)27-17-5-11-25-13-15-26(16-14-25)12-6-18-28-22-10-4-2-8-20(22)24/h1-4,7-10H,5-6,11-18H2. The molecular formula is C22H28F2N2O2. The Labute approximate surface area is 165 Å². The van der Waals surface area contributed by atoms with Crippen LogP contribution in [0.5, 0.6) is 11.5 Å². The predicted molar refractivity (Wildman–Crippen MR) is 106 cm³/mol. The molecule has 0 unspecified atom stereocenters. The van der Waals surface area contributed by atoms with Crippen molar-refractivity contribution in [1.29, 1.82) is 0 Å². The first-order valence-electron chi connectivity index (χ1n) is 9.92. The molecule has 1 aliphatic heterocycles. The summed E-state index contributed by atoms with van der Waals surface area (Å²) in [6.45, 7) is 7.05. The van der Waals surface area contributed by atoms with E-state index in [1.54, 1.807) is 36.4 Å². The van der Waals surface area contributed by atoms with E-state index in [-0.39, 0.29) is 11.6 Å². The van der Waals surface area contributed by atoms with Crippen LogP contribution in [0.2, 0.25) is 0 Å². The molecule has 1 fully saturated rings. The molecule has 2 aromatic rings. The molecule has 1 saturated heterocycles. The van der Waals surface area contributed by atoms with Gasteiger partial charge in [-0.05, 0) is 37.1 Å². The first kappa shape index (κ1) is 20.6. The van der Waals surface area contributed by atoms with Crippen molar-refractivity contribution in [3.05, 3.63) is 60.2 Å². The van der Waals surface area contributed by atoms with Crippen LogP contribution in [-0.2, 0) is 0 Å². The van der Waals surface area contributed by atoms with Crippen molar-refractivity contribution in [3.8, 4) is 11.5 Å². The summed E-state index contributed by atoms with van der Waals surface area (Å²) in [5, 5.41) is 0. The van der Waals surface area contributed by atoms with E-state index in [9.17, 15) is 8.78 Å². The number of ether oxygens (including phenoxy) is 2. The molecule has 152 valence electrons. The zero-order valence-electron chi connectivity index (χ0n) is 16.2. The fourth-order valence-corrected chi connectivity index (χ4v) is 3.30. The summed E-state index contributed by atoms with van der Waals surface area (Å²) in [6.07, 6.45) is 1.76. The van der Waals surface area contributed by atoms with Gasteiger partial charge in [0.15, 0.2) is 23.1 Å². The molecule has 1 aliphatic rings. The molecule has 0 aromatic heterocycles. The van der Waals surface area contributed by atoms with Gasteiger partial charge >= 0.3 is 0 Å². The van der Waals surface area contributed by atoms with Gasteiger partial charge in [-0.2, -0.15) is 0 Å². The Balaban J connectivity index is 1.23. The molecule has 0 aliphatic carbocycles. The third-order valence-corrected chi connectivity index (χ3v) is 4.89. The minimum Gasteiger partial charge on any atom is -0.490 e. The Morgan fingerprint density at radius 2 is 1.04 bits per heavy atom. The minimum atomic E-state index is -0.310. The molecule has 1 heterocycles. The van der Waals surface area contributed by atoms with Crippen LogP contribution in [0.25, 0.3) is 0 Å². The Kier molecular flexibility index (Phi) is 8.06. The molecule has 2 aromatic carbocycles. The van der Waals surface area contributed by atoms with Crippen molar-refractivity contribution in [2.45, 2.75) is 12.8 Å². The Morgan fingerprint density at radius 1 is 0.643 bits per heavy atom. The van der Waals surface area contributed by atoms with E-state index in [4.69, 9.17) is 9.47 Å². The van der Waals surface area contributed by atoms with Gasteiger partial charge in [-0.25, -0.2) is 8.78 Å². The molecular weight excluding hydrogens is 362 g/mol. The van der Waals surface area contributed by atoms with Gasteiger partial charge in [-0.1, -0.05) is 24.3 Å². The van der Waals surface area contributed by atoms with Crippen LogP contribution in [0.3, 0.4) is 0 Å². The van der Waals surface area contributed by atoms with Gasteiger partial charge in [0.05, 0.1) is 13.2 Å². The molecule has 0 bridgehead atoms. The highest BCUT2D eigenvalue weighted by molar-refractivity contribution is 5.24. The van der Waals surface area contributed by atoms with E-state index in [1.807, 2.05) is 0 Å². The second kappa shape index (κ2) is 11.0. The average molecular weight is 390 g/mol. The van der Waals surface area contributed by atoms with Crippen LogP contribution in [0.4, 0.5) is 8.78 Å². The van der Waals surface area contributed by atoms with Gasteiger partial charge in [-0.15, -0.1) is 0 Å². The van der Waals surface area contributed by atoms with Crippen LogP contribution >= 0.6 is 0 Å². The van der Waals surface area contributed by atoms with Crippen molar-refractivity contribution >= 4 is 0 Å². The number of hydrogen-bond acceptors (Lipinski definition) is 4. The second-order valence-corrected chi connectivity index (χ2v) is 6.95. The largest absolute Gasteiger partial charge is 0.490 e. The summed E-state index contributed by atoms with van der Waals surface area (Å²) in [5.41, 5.74) is 0. The summed E-state index contributed by atoms with van der Waals surface area (Å²) < 4.78 is 38.0. The Bertz CT molecular complexity index is 660. The lowest BCUT2D eigenvalue weighted by atomic mass is 10.2. The highest BCUT2D eigenvalue weighted by Crippen LogP contribution is 2.16. The van der Waals surface area contributed by atoms with Crippen LogP contribution in [-0.4, -0.2) is 62.3 Å². The van der Waals surface area contributed by atoms with E-state index in [0.717, 1.165) is 52.1 Å². The SMILES string of the molecule is Fc1ccccc1OCCCN1CCN(CCCOc2ccccc2F)CC1. The molecule has 4 nitrogen and oxygen atoms in total. The van der Waals surface area contributed by atoms with Crippen LogP contribution in [0.1, 0.15) is 12.8 Å². The van der Waals surface area contributed by atoms with Gasteiger partial charge in [-0.3, -0.25) is 0 Å². The molecule has 3 rings (SSSR count). The number of rotatable bonds is 10. The van der Waals surface area contributed by atoms with Gasteiger partial charge in [0.2, 0.25) is 0 Å². The van der Waals surface area contributed by atoms with Crippen molar-refractivity contribution in [2.75, 3.05) is 52.5 Å². The van der Waals surface area contributed by atoms with E-state index in [2.05, 4.69) is 9.80 Å². The molecule has 0 amide bonds. The number of para-hydroxylation sites is 2. The topological polar surface area (TPSA) is 24.9 Å². The molecule has 0 N–H and O–H groups in total. The predicted octanol–water partition coefficient (Wildman–Crippen LogP) is 3.82. The first-order chi connectivity index (χ1) is 13.7. The number of benzene rings is 2. The maximum Gasteiger partial charge on any atom is 0.165 e. The second-order valence-electron chi connectivity index (χ2n) is 6.95. The van der Waals surface area contributed by atoms with Gasteiger partial charge in [0.1, 0.15) is 0 Å². The number of nitrogens with zero attached hydrogens (tertiary/aromatic N) is 2. The lowest BCUT2D eigenvalue weighted by Gasteiger charge is -2.34. The molecule has 0 saturated carbocycles. The summed E-state index contributed by atoms with van der Waals surface area (Å²) >= 11 is 0. The minimum absolute atomic E-state index is 0.310. The summed E-state index contributed by atoms with van der Waals surface area (Å²) in [4.78, 5) is 4.83. The van der Waals surface area contributed by atoms with E-state index in [1.165, 1.54) is 12.1 Å². The quantitative estimate of drug-likeness (QED) is 0.576. The van der Waals surface area contributed by atoms with E-state index < -0.39 is 0 Å². The lowest BCUT2D eigenvalue weighted by Crippen LogP contribution is -2.47. The average Bonchev–Trinajstić information content (AvgIpc) is 2.72. The third-order valence-electron chi connectivity index (χ3n) is 4.89. The Hall–Kier alpha value is -2.18. The third kappa shape index (κ3) is 6.46. The number of hydrogen-bond donors (Lipinski definition) is 0. The number of piperazine rings is 1. The molecule has 0 atom stereocenters. The fraction of sp³-hybridized carbons (Fsp3) is 0.455. The van der Waals surface area contributed by atoms with Crippen molar-refractivity contribution in [3.63, 3.8) is 0 Å². The van der Waals surface area contributed by atoms with E-state index in [0.29, 0.717) is 24.7 Å². The van der Waals surface area contributed by atoms with Crippen molar-refractivity contribution < 1.29 is 18.3 Å². The normalized spacial score (nSPS) is 15.5. The van der Waals surface area contributed by atoms with Gasteiger partial charge in [0, 0.05) is 39.3 Å². The fourth-order valence-electron chi connectivity index (χ4n) is 3.30.